The molecular weight excluding hydrogens is 599 g/mol. The van der Waals surface area contributed by atoms with E-state index in [1.807, 2.05) is 17.9 Å². The molecule has 1 saturated heterocycles. The van der Waals surface area contributed by atoms with E-state index < -0.39 is 14.7 Å². The highest BCUT2D eigenvalue weighted by Gasteiger charge is 2.25. The average Bonchev–Trinajstić information content (AvgIpc) is 3.63. The normalized spacial score (nSPS) is 13.7. The maximum atomic E-state index is 12.5. The number of benzene rings is 1. The van der Waals surface area contributed by atoms with Gasteiger partial charge in [0.15, 0.2) is 4.91 Å². The van der Waals surface area contributed by atoms with Crippen LogP contribution in [0.2, 0.25) is 0 Å². The van der Waals surface area contributed by atoms with Gasteiger partial charge in [0.2, 0.25) is 21.7 Å². The second-order valence-corrected chi connectivity index (χ2v) is 12.7. The van der Waals surface area contributed by atoms with Crippen molar-refractivity contribution in [3.8, 4) is 18.9 Å². The fourth-order valence-electron chi connectivity index (χ4n) is 4.62. The number of nitriles is 1. The Hall–Kier alpha value is -4.26. The number of nitrogens with two attached hydrogens (primary N) is 1. The monoisotopic (exact) mass is 639 g/mol. The molecule has 1 aliphatic heterocycles. The van der Waals surface area contributed by atoms with Crippen LogP contribution in [0.15, 0.2) is 61.1 Å². The third kappa shape index (κ3) is 9.90. The van der Waals surface area contributed by atoms with Crippen LogP contribution in [0.4, 0.5) is 5.69 Å². The second kappa shape index (κ2) is 17.8. The van der Waals surface area contributed by atoms with E-state index in [-0.39, 0.29) is 29.1 Å². The Morgan fingerprint density at radius 2 is 1.86 bits per heavy atom. The molecule has 0 atom stereocenters. The van der Waals surface area contributed by atoms with Gasteiger partial charge in [0, 0.05) is 42.5 Å². The first-order valence-electron chi connectivity index (χ1n) is 14.4. The maximum absolute atomic E-state index is 12.5. The number of allylic oxidation sites excluding steroid dienone is 1. The van der Waals surface area contributed by atoms with Crippen LogP contribution in [-0.2, 0) is 19.4 Å². The van der Waals surface area contributed by atoms with Crippen LogP contribution in [0.25, 0.3) is 11.0 Å². The standard InChI is InChI=1S/C16H13N3O3S2.C14H26N2O2.C2H2/c1-10-6-11-7-12(2-3-14(11)22-10)19-16(18)15(8-17)24(20,21)13-4-5-23-9-13;1-3-9-15(10-4-2)14(18)12-16-11-7-5-6-8-13(16)17;1-2/h2-7,9,19H,18H2,1H3;3-12H2,1-2H3;1-2H/b16-15+;;. The average molecular weight is 640 g/mol. The molecule has 44 heavy (non-hydrogen) atoms. The predicted molar refractivity (Wildman–Crippen MR) is 175 cm³/mol. The van der Waals surface area contributed by atoms with Gasteiger partial charge >= 0.3 is 0 Å². The highest BCUT2D eigenvalue weighted by Crippen LogP contribution is 2.26. The molecule has 2 aromatic heterocycles. The fraction of sp³-hybridized carbons (Fsp3) is 0.406. The molecule has 10 nitrogen and oxygen atoms in total. The summed E-state index contributed by atoms with van der Waals surface area (Å²) in [6.45, 7) is 8.61. The number of fused-ring (bicyclic) bond motifs is 1. The summed E-state index contributed by atoms with van der Waals surface area (Å²) in [5, 5.41) is 16.0. The van der Waals surface area contributed by atoms with Crippen molar-refractivity contribution in [3.63, 3.8) is 0 Å². The minimum absolute atomic E-state index is 0.0507. The van der Waals surface area contributed by atoms with Gasteiger partial charge in [-0.1, -0.05) is 20.3 Å². The number of likely N-dealkylation sites (tertiary alicyclic amines) is 1. The number of rotatable bonds is 10. The van der Waals surface area contributed by atoms with Crippen LogP contribution in [0, 0.1) is 31.1 Å². The number of sulfone groups is 1. The number of nitrogens with one attached hydrogen (secondary N) is 1. The first-order chi connectivity index (χ1) is 21.1. The number of amides is 2. The van der Waals surface area contributed by atoms with Gasteiger partial charge in [-0.2, -0.15) is 16.6 Å². The first-order valence-corrected chi connectivity index (χ1v) is 16.9. The number of thiophene rings is 1. The molecule has 1 aliphatic rings. The molecule has 1 aromatic carbocycles. The van der Waals surface area contributed by atoms with E-state index in [9.17, 15) is 23.3 Å². The summed E-state index contributed by atoms with van der Waals surface area (Å²) in [6, 6.07) is 10.2. The zero-order chi connectivity index (χ0) is 32.7. The Balaban J connectivity index is 0.000000302. The van der Waals surface area contributed by atoms with Gasteiger partial charge in [-0.05, 0) is 68.3 Å². The molecule has 0 saturated carbocycles. The number of anilines is 1. The molecule has 0 bridgehead atoms. The van der Waals surface area contributed by atoms with E-state index in [2.05, 4.69) is 32.0 Å². The number of aryl methyl sites for hydroxylation is 1. The summed E-state index contributed by atoms with van der Waals surface area (Å²) in [6.07, 6.45) is 13.6. The van der Waals surface area contributed by atoms with E-state index >= 15 is 0 Å². The molecule has 0 spiro atoms. The van der Waals surface area contributed by atoms with Crippen molar-refractivity contribution in [3.05, 3.63) is 57.6 Å². The number of carbonyl (C=O) groups excluding carboxylic acids is 2. The van der Waals surface area contributed by atoms with Crippen LogP contribution in [0.5, 0.6) is 0 Å². The third-order valence-electron chi connectivity index (χ3n) is 6.68. The maximum Gasteiger partial charge on any atom is 0.242 e. The predicted octanol–water partition coefficient (Wildman–Crippen LogP) is 5.63. The lowest BCUT2D eigenvalue weighted by molar-refractivity contribution is -0.140. The molecule has 0 unspecified atom stereocenters. The minimum atomic E-state index is -3.94. The van der Waals surface area contributed by atoms with Crippen molar-refractivity contribution in [1.82, 2.24) is 9.80 Å². The topological polar surface area (TPSA) is 150 Å². The zero-order valence-corrected chi connectivity index (χ0v) is 27.2. The number of hydrogen-bond acceptors (Lipinski definition) is 9. The van der Waals surface area contributed by atoms with E-state index in [0.717, 1.165) is 62.9 Å². The van der Waals surface area contributed by atoms with Gasteiger partial charge in [0.1, 0.15) is 23.2 Å². The summed E-state index contributed by atoms with van der Waals surface area (Å²) in [5.41, 5.74) is 7.13. The van der Waals surface area contributed by atoms with Crippen molar-refractivity contribution < 1.29 is 22.4 Å². The Kier molecular flexibility index (Phi) is 14.5. The highest BCUT2D eigenvalue weighted by molar-refractivity contribution is 7.95. The molecule has 12 heteroatoms. The Morgan fingerprint density at radius 3 is 2.48 bits per heavy atom. The number of furan rings is 1. The largest absolute Gasteiger partial charge is 0.461 e. The number of nitrogens with zero attached hydrogens (tertiary/aromatic N) is 3. The van der Waals surface area contributed by atoms with Crippen LogP contribution in [-0.4, -0.2) is 56.2 Å². The fourth-order valence-corrected chi connectivity index (χ4v) is 6.84. The van der Waals surface area contributed by atoms with Crippen LogP contribution >= 0.6 is 11.3 Å². The quantitative estimate of drug-likeness (QED) is 0.214. The summed E-state index contributed by atoms with van der Waals surface area (Å²) >= 11 is 1.23. The molecular formula is C32H41N5O5S2. The number of hydrogen-bond donors (Lipinski definition) is 2. The number of carbonyl (C=O) groups is 2. The number of terminal acetylenes is 1. The molecule has 0 radical (unpaired) electrons. The molecule has 4 rings (SSSR count). The summed E-state index contributed by atoms with van der Waals surface area (Å²) in [4.78, 5) is 27.2. The van der Waals surface area contributed by atoms with Crippen molar-refractivity contribution in [1.29, 1.82) is 5.26 Å². The van der Waals surface area contributed by atoms with Gasteiger partial charge in [-0.15, -0.1) is 12.8 Å². The van der Waals surface area contributed by atoms with E-state index in [1.165, 1.54) is 22.8 Å². The smallest absolute Gasteiger partial charge is 0.242 e. The molecule has 3 heterocycles. The lowest BCUT2D eigenvalue weighted by atomic mass is 10.2. The van der Waals surface area contributed by atoms with Gasteiger partial charge in [-0.25, -0.2) is 8.42 Å². The van der Waals surface area contributed by atoms with Crippen molar-refractivity contribution in [2.45, 2.75) is 64.2 Å². The third-order valence-corrected chi connectivity index (χ3v) is 9.23. The second-order valence-electron chi connectivity index (χ2n) is 10.1. The van der Waals surface area contributed by atoms with Crippen LogP contribution < -0.4 is 11.1 Å². The summed E-state index contributed by atoms with van der Waals surface area (Å²) < 4.78 is 30.4. The molecule has 3 N–H and O–H groups in total. The summed E-state index contributed by atoms with van der Waals surface area (Å²) in [7, 11) is -3.94. The van der Waals surface area contributed by atoms with E-state index in [0.29, 0.717) is 17.7 Å². The molecule has 1 fully saturated rings. The van der Waals surface area contributed by atoms with Gasteiger partial charge in [0.05, 0.1) is 11.4 Å². The van der Waals surface area contributed by atoms with Crippen LogP contribution in [0.1, 0.15) is 58.1 Å². The summed E-state index contributed by atoms with van der Waals surface area (Å²) in [5.74, 6) is 0.800. The Labute approximate surface area is 264 Å². The first kappa shape index (κ1) is 35.9. The molecule has 2 amide bonds. The van der Waals surface area contributed by atoms with E-state index in [1.54, 1.807) is 34.5 Å². The van der Waals surface area contributed by atoms with E-state index in [4.69, 9.17) is 10.2 Å². The lowest BCUT2D eigenvalue weighted by Crippen LogP contribution is -2.43. The molecule has 3 aromatic rings. The van der Waals surface area contributed by atoms with Gasteiger partial charge in [0.25, 0.3) is 0 Å². The van der Waals surface area contributed by atoms with Crippen molar-refractivity contribution in [2.24, 2.45) is 5.73 Å². The van der Waals surface area contributed by atoms with Crippen LogP contribution in [0.3, 0.4) is 0 Å². The molecule has 236 valence electrons. The lowest BCUT2D eigenvalue weighted by Gasteiger charge is -2.26. The van der Waals surface area contributed by atoms with Gasteiger partial charge in [-0.3, -0.25) is 9.59 Å². The Bertz CT molecular complexity index is 1580. The van der Waals surface area contributed by atoms with Gasteiger partial charge < -0.3 is 25.3 Å². The van der Waals surface area contributed by atoms with Crippen molar-refractivity contribution in [2.75, 3.05) is 31.5 Å². The SMILES string of the molecule is C#C.CCCN(CCC)C(=O)CN1CCCCCC1=O.Cc1cc2cc(N/C(N)=C(\C#N)S(=O)(=O)c3ccsc3)ccc2o1. The Morgan fingerprint density at radius 1 is 1.16 bits per heavy atom. The van der Waals surface area contributed by atoms with Crippen molar-refractivity contribution >= 4 is 49.6 Å². The highest BCUT2D eigenvalue weighted by atomic mass is 32.2. The minimum Gasteiger partial charge on any atom is -0.461 e. The molecule has 0 aliphatic carbocycles. The zero-order valence-electron chi connectivity index (χ0n) is 25.5.